The molecule has 1 rings (SSSR count). The molecule has 0 aromatic carbocycles. The summed E-state index contributed by atoms with van der Waals surface area (Å²) >= 11 is 0. The fourth-order valence-electron chi connectivity index (χ4n) is 2.60. The fourth-order valence-corrected chi connectivity index (χ4v) is 2.60. The second kappa shape index (κ2) is 7.46. The Balaban J connectivity index is 3.92. The maximum Gasteiger partial charge on any atom is 0.449 e. The van der Waals surface area contributed by atoms with E-state index in [9.17, 15) is 71.4 Å². The summed E-state index contributed by atoms with van der Waals surface area (Å²) in [5.41, 5.74) is -10.3. The van der Waals surface area contributed by atoms with E-state index in [2.05, 4.69) is 9.47 Å². The number of carbonyl (C=O) groups excluding carboxylic acids is 1. The summed E-state index contributed by atoms with van der Waals surface area (Å²) in [4.78, 5) is 11.9. The van der Waals surface area contributed by atoms with Crippen molar-refractivity contribution < 1.29 is 80.8 Å². The zero-order chi connectivity index (χ0) is 26.0. The Morgan fingerprint density at radius 1 is 0.969 bits per heavy atom. The minimum absolute atomic E-state index is 0.173. The van der Waals surface area contributed by atoms with Gasteiger partial charge in [-0.3, -0.25) is 4.79 Å². The summed E-state index contributed by atoms with van der Waals surface area (Å²) in [6.45, 7) is 0.329. The molecule has 4 atom stereocenters. The number of ether oxygens (including phenoxy) is 2. The van der Waals surface area contributed by atoms with Gasteiger partial charge in [-0.15, -0.1) is 0 Å². The Morgan fingerprint density at radius 2 is 1.41 bits per heavy atom. The monoisotopic (exact) mass is 510 g/mol. The Kier molecular flexibility index (Phi) is 6.63. The van der Waals surface area contributed by atoms with Crippen molar-refractivity contribution in [2.75, 3.05) is 0 Å². The second-order valence-corrected chi connectivity index (χ2v) is 6.97. The minimum atomic E-state index is -7.07. The second-order valence-electron chi connectivity index (χ2n) is 6.97. The van der Waals surface area contributed by atoms with E-state index in [4.69, 9.17) is 0 Å². The van der Waals surface area contributed by atoms with Crippen LogP contribution in [0, 0.1) is 5.41 Å². The Morgan fingerprint density at radius 3 is 1.69 bits per heavy atom. The largest absolute Gasteiger partial charge is 0.449 e. The van der Waals surface area contributed by atoms with Gasteiger partial charge >= 0.3 is 42.4 Å². The molecule has 4 unspecified atom stereocenters. The Hall–Kier alpha value is -1.59. The van der Waals surface area contributed by atoms with Gasteiger partial charge in [-0.25, -0.2) is 0 Å². The number of rotatable bonds is 3. The van der Waals surface area contributed by atoms with Gasteiger partial charge in [0.25, 0.3) is 5.60 Å². The first-order chi connectivity index (χ1) is 13.8. The van der Waals surface area contributed by atoms with E-state index in [0.29, 0.717) is 6.92 Å². The molecule has 0 aromatic heterocycles. The van der Waals surface area contributed by atoms with Crippen LogP contribution in [0.1, 0.15) is 26.7 Å². The molecule has 1 fully saturated rings. The molecule has 0 amide bonds. The molecule has 4 nitrogen and oxygen atoms in total. The lowest BCUT2D eigenvalue weighted by Crippen LogP contribution is -2.80. The van der Waals surface area contributed by atoms with Crippen LogP contribution in [0.5, 0.6) is 0 Å². The Labute approximate surface area is 168 Å². The van der Waals surface area contributed by atoms with E-state index < -0.39 is 72.3 Å². The van der Waals surface area contributed by atoms with Crippen molar-refractivity contribution in [2.45, 2.75) is 74.8 Å². The zero-order valence-electron chi connectivity index (χ0n) is 15.5. The van der Waals surface area contributed by atoms with Crippen molar-refractivity contribution in [3.8, 4) is 0 Å². The minimum Gasteiger partial charge on any atom is -0.442 e. The molecule has 1 aliphatic heterocycles. The fraction of sp³-hybridized carbons (Fsp3) is 0.929. The highest BCUT2D eigenvalue weighted by Crippen LogP contribution is 2.62. The van der Waals surface area contributed by atoms with Gasteiger partial charge in [-0.1, -0.05) is 6.92 Å². The molecule has 0 bridgehead atoms. The molecule has 0 aromatic rings. The first kappa shape index (κ1) is 28.4. The van der Waals surface area contributed by atoms with Crippen molar-refractivity contribution in [2.24, 2.45) is 5.41 Å². The van der Waals surface area contributed by atoms with Gasteiger partial charge in [-0.2, -0.15) is 61.5 Å². The zero-order valence-corrected chi connectivity index (χ0v) is 15.5. The third kappa shape index (κ3) is 3.96. The van der Waals surface area contributed by atoms with Gasteiger partial charge in [0.2, 0.25) is 0 Å². The van der Waals surface area contributed by atoms with E-state index >= 15 is 0 Å². The van der Waals surface area contributed by atoms with Crippen LogP contribution in [0.15, 0.2) is 0 Å². The number of hydrogen-bond acceptors (Lipinski definition) is 4. The van der Waals surface area contributed by atoms with Crippen molar-refractivity contribution in [1.29, 1.82) is 0 Å². The summed E-state index contributed by atoms with van der Waals surface area (Å²) < 4.78 is 193. The molecule has 1 heterocycles. The standard InChI is InChI=1S/C14H12F14O4/c1-3-7(2,12(20,21)22)6(29)32-8(13(23,24)25)4-5(9(15,16)17)31-11(30,10(8,18)19)14(26,27)28/h5,30H,3-4H2,1-2H3. The number of esters is 1. The molecule has 1 aliphatic rings. The summed E-state index contributed by atoms with van der Waals surface area (Å²) in [6.07, 6.45) is -35.6. The molecule has 0 saturated carbocycles. The van der Waals surface area contributed by atoms with Crippen LogP contribution in [0.4, 0.5) is 61.5 Å². The van der Waals surface area contributed by atoms with Gasteiger partial charge in [0, 0.05) is 6.42 Å². The smallest absolute Gasteiger partial charge is 0.442 e. The average Bonchev–Trinajstić information content (AvgIpc) is 2.53. The van der Waals surface area contributed by atoms with Crippen molar-refractivity contribution in [3.63, 3.8) is 0 Å². The molecule has 32 heavy (non-hydrogen) atoms. The quantitative estimate of drug-likeness (QED) is 0.427. The number of halogens is 14. The first-order valence-electron chi connectivity index (χ1n) is 8.03. The van der Waals surface area contributed by atoms with Gasteiger partial charge < -0.3 is 14.6 Å². The molecule has 190 valence electrons. The van der Waals surface area contributed by atoms with E-state index in [1.54, 1.807) is 0 Å². The molecule has 1 N–H and O–H groups in total. The molecular weight excluding hydrogens is 498 g/mol. The van der Waals surface area contributed by atoms with Gasteiger partial charge in [0.15, 0.2) is 11.5 Å². The lowest BCUT2D eigenvalue weighted by Gasteiger charge is -2.53. The van der Waals surface area contributed by atoms with Crippen LogP contribution < -0.4 is 0 Å². The SMILES string of the molecule is CCC(C)(C(=O)OC1(C(F)(F)F)CC(C(F)(F)F)OC(O)(C(F)(F)F)C1(F)F)C(F)(F)F. The highest BCUT2D eigenvalue weighted by Gasteiger charge is 2.90. The van der Waals surface area contributed by atoms with Gasteiger partial charge in [0.1, 0.15) is 0 Å². The summed E-state index contributed by atoms with van der Waals surface area (Å²) in [5, 5.41) is 9.19. The van der Waals surface area contributed by atoms with E-state index in [1.165, 1.54) is 0 Å². The highest BCUT2D eigenvalue weighted by atomic mass is 19.4. The summed E-state index contributed by atoms with van der Waals surface area (Å²) in [6, 6.07) is 0. The first-order valence-corrected chi connectivity index (χ1v) is 8.03. The van der Waals surface area contributed by atoms with Crippen LogP contribution in [0.2, 0.25) is 0 Å². The summed E-state index contributed by atoms with van der Waals surface area (Å²) in [7, 11) is 0. The van der Waals surface area contributed by atoms with Crippen LogP contribution >= 0.6 is 0 Å². The van der Waals surface area contributed by atoms with Crippen molar-refractivity contribution in [3.05, 3.63) is 0 Å². The molecule has 0 aliphatic carbocycles. The van der Waals surface area contributed by atoms with Crippen LogP contribution in [0.3, 0.4) is 0 Å². The van der Waals surface area contributed by atoms with E-state index in [1.807, 2.05) is 0 Å². The molecule has 1 saturated heterocycles. The summed E-state index contributed by atoms with van der Waals surface area (Å²) in [5.74, 6) is -16.8. The van der Waals surface area contributed by atoms with Crippen LogP contribution in [-0.4, -0.2) is 59.2 Å². The lowest BCUT2D eigenvalue weighted by molar-refractivity contribution is -0.518. The van der Waals surface area contributed by atoms with Crippen LogP contribution in [-0.2, 0) is 14.3 Å². The predicted octanol–water partition coefficient (Wildman–Crippen LogP) is 5.05. The molecule has 18 heteroatoms. The average molecular weight is 510 g/mol. The number of hydrogen-bond donors (Lipinski definition) is 1. The van der Waals surface area contributed by atoms with E-state index in [0.717, 1.165) is 0 Å². The van der Waals surface area contributed by atoms with Gasteiger partial charge in [-0.05, 0) is 13.3 Å². The third-order valence-corrected chi connectivity index (χ3v) is 4.98. The lowest BCUT2D eigenvalue weighted by atomic mass is 9.78. The number of alkyl halides is 14. The topological polar surface area (TPSA) is 55.8 Å². The van der Waals surface area contributed by atoms with E-state index in [-0.39, 0.29) is 6.92 Å². The van der Waals surface area contributed by atoms with Gasteiger partial charge in [0.05, 0.1) is 0 Å². The normalized spacial score (nSPS) is 31.7. The maximum atomic E-state index is 14.5. The maximum absolute atomic E-state index is 14.5. The molecule has 0 spiro atoms. The van der Waals surface area contributed by atoms with Crippen molar-refractivity contribution in [1.82, 2.24) is 0 Å². The Bertz CT molecular complexity index is 723. The molecular formula is C14H12F14O4. The number of carbonyl (C=O) groups is 1. The predicted molar refractivity (Wildman–Crippen MR) is 70.8 cm³/mol. The molecule has 0 radical (unpaired) electrons. The number of aliphatic hydroxyl groups is 1. The highest BCUT2D eigenvalue weighted by molar-refractivity contribution is 5.78. The van der Waals surface area contributed by atoms with Crippen molar-refractivity contribution >= 4 is 5.97 Å². The third-order valence-electron chi connectivity index (χ3n) is 4.98. The van der Waals surface area contributed by atoms with Crippen LogP contribution in [0.25, 0.3) is 0 Å².